The van der Waals surface area contributed by atoms with E-state index in [-0.39, 0.29) is 0 Å². The minimum Gasteiger partial charge on any atom is -0.377 e. The molecule has 2 heterocycles. The first-order valence-electron chi connectivity index (χ1n) is 8.93. The predicted molar refractivity (Wildman–Crippen MR) is 98.0 cm³/mol. The summed E-state index contributed by atoms with van der Waals surface area (Å²) in [5.41, 5.74) is 2.68. The first-order valence-corrected chi connectivity index (χ1v) is 8.93. The zero-order valence-corrected chi connectivity index (χ0v) is 15.3. The van der Waals surface area contributed by atoms with Crippen molar-refractivity contribution in [1.82, 2.24) is 19.7 Å². The molecular formula is C19H29N5. The molecule has 3 rings (SSSR count). The van der Waals surface area contributed by atoms with Gasteiger partial charge in [0, 0.05) is 32.9 Å². The van der Waals surface area contributed by atoms with Crippen LogP contribution in [0.2, 0.25) is 0 Å². The van der Waals surface area contributed by atoms with Crippen LogP contribution in [0.15, 0.2) is 30.6 Å². The molecule has 0 bridgehead atoms. The number of anilines is 1. The monoisotopic (exact) mass is 327 g/mol. The predicted octanol–water partition coefficient (Wildman–Crippen LogP) is 3.34. The molecule has 0 radical (unpaired) electrons. The summed E-state index contributed by atoms with van der Waals surface area (Å²) in [6.45, 7) is 7.56. The van der Waals surface area contributed by atoms with Gasteiger partial charge in [0.15, 0.2) is 0 Å². The Kier molecular flexibility index (Phi) is 5.19. The maximum atomic E-state index is 4.46. The molecule has 0 saturated carbocycles. The molecule has 1 atom stereocenters. The highest BCUT2D eigenvalue weighted by atomic mass is 15.3. The molecule has 1 aliphatic heterocycles. The molecule has 130 valence electrons. The number of aromatic nitrogens is 3. The average Bonchev–Trinajstić information content (AvgIpc) is 3.16. The van der Waals surface area contributed by atoms with Crippen molar-refractivity contribution in [3.63, 3.8) is 0 Å². The molecule has 5 heteroatoms. The molecule has 2 aromatic rings. The van der Waals surface area contributed by atoms with E-state index in [2.05, 4.69) is 76.8 Å². The van der Waals surface area contributed by atoms with Crippen LogP contribution in [0.1, 0.15) is 44.1 Å². The minimum atomic E-state index is 0.376. The smallest absolute Gasteiger partial charge is 0.150 e. The summed E-state index contributed by atoms with van der Waals surface area (Å²) in [7, 11) is 4.22. The lowest BCUT2D eigenvalue weighted by Crippen LogP contribution is -2.26. The first kappa shape index (κ1) is 17.0. The lowest BCUT2D eigenvalue weighted by Gasteiger charge is -2.27. The number of hydrogen-bond donors (Lipinski definition) is 0. The maximum Gasteiger partial charge on any atom is 0.150 e. The van der Waals surface area contributed by atoms with Gasteiger partial charge in [0.05, 0.1) is 6.04 Å². The van der Waals surface area contributed by atoms with Crippen molar-refractivity contribution in [2.75, 3.05) is 25.5 Å². The summed E-state index contributed by atoms with van der Waals surface area (Å²) in [5, 5.41) is 8.65. The molecule has 1 aliphatic rings. The second-order valence-electron chi connectivity index (χ2n) is 7.39. The highest BCUT2D eigenvalue weighted by Crippen LogP contribution is 2.33. The van der Waals surface area contributed by atoms with Crippen molar-refractivity contribution in [1.29, 1.82) is 0 Å². The lowest BCUT2D eigenvalue weighted by atomic mass is 10.1. The summed E-state index contributed by atoms with van der Waals surface area (Å²) in [6, 6.07) is 9.06. The van der Waals surface area contributed by atoms with Crippen LogP contribution in [0.3, 0.4) is 0 Å². The van der Waals surface area contributed by atoms with Gasteiger partial charge in [-0.3, -0.25) is 4.90 Å². The van der Waals surface area contributed by atoms with Crippen molar-refractivity contribution in [2.45, 2.75) is 45.8 Å². The maximum absolute atomic E-state index is 4.46. The van der Waals surface area contributed by atoms with Gasteiger partial charge in [-0.1, -0.05) is 32.0 Å². The highest BCUT2D eigenvalue weighted by molar-refractivity contribution is 5.52. The van der Waals surface area contributed by atoms with Gasteiger partial charge in [0.1, 0.15) is 12.2 Å². The van der Waals surface area contributed by atoms with E-state index < -0.39 is 0 Å². The molecule has 0 N–H and O–H groups in total. The van der Waals surface area contributed by atoms with Crippen molar-refractivity contribution < 1.29 is 0 Å². The second kappa shape index (κ2) is 7.34. The van der Waals surface area contributed by atoms with Gasteiger partial charge in [-0.25, -0.2) is 0 Å². The van der Waals surface area contributed by atoms with Crippen molar-refractivity contribution in [3.05, 3.63) is 42.0 Å². The van der Waals surface area contributed by atoms with E-state index in [1.165, 1.54) is 24.1 Å². The zero-order valence-electron chi connectivity index (χ0n) is 15.3. The number of rotatable bonds is 6. The molecule has 24 heavy (non-hydrogen) atoms. The van der Waals surface area contributed by atoms with Gasteiger partial charge in [0.2, 0.25) is 0 Å². The van der Waals surface area contributed by atoms with Gasteiger partial charge in [-0.15, -0.1) is 10.2 Å². The van der Waals surface area contributed by atoms with E-state index >= 15 is 0 Å². The van der Waals surface area contributed by atoms with Gasteiger partial charge in [0.25, 0.3) is 0 Å². The number of likely N-dealkylation sites (tertiary alicyclic amines) is 1. The van der Waals surface area contributed by atoms with E-state index in [1.807, 2.05) is 6.33 Å². The topological polar surface area (TPSA) is 37.2 Å². The molecule has 5 nitrogen and oxygen atoms in total. The Balaban J connectivity index is 1.81. The summed E-state index contributed by atoms with van der Waals surface area (Å²) in [4.78, 5) is 4.75. The number of hydrogen-bond acceptors (Lipinski definition) is 4. The Morgan fingerprint density at radius 3 is 2.79 bits per heavy atom. The molecule has 0 spiro atoms. The average molecular weight is 327 g/mol. The van der Waals surface area contributed by atoms with Gasteiger partial charge in [-0.05, 0) is 36.9 Å². The summed E-state index contributed by atoms with van der Waals surface area (Å²) < 4.78 is 2.24. The molecule has 1 saturated heterocycles. The van der Waals surface area contributed by atoms with Crippen LogP contribution in [-0.2, 0) is 13.1 Å². The Hall–Kier alpha value is -1.88. The van der Waals surface area contributed by atoms with Crippen LogP contribution >= 0.6 is 0 Å². The highest BCUT2D eigenvalue weighted by Gasteiger charge is 2.30. The van der Waals surface area contributed by atoms with Crippen LogP contribution in [0, 0.1) is 5.92 Å². The third kappa shape index (κ3) is 3.61. The number of para-hydroxylation sites is 1. The quantitative estimate of drug-likeness (QED) is 0.815. The van der Waals surface area contributed by atoms with Crippen LogP contribution in [-0.4, -0.2) is 40.3 Å². The first-order chi connectivity index (χ1) is 11.6. The molecule has 0 amide bonds. The van der Waals surface area contributed by atoms with Crippen LogP contribution in [0.5, 0.6) is 0 Å². The fraction of sp³-hybridized carbons (Fsp3) is 0.579. The standard InChI is InChI=1S/C19H29N5/c1-15(2)12-24-14-20-21-19(24)18-10-7-11-23(18)13-16-8-5-6-9-17(16)22(3)4/h5-6,8-9,14-15,18H,7,10-13H2,1-4H3/t18-/m0/s1. The van der Waals surface area contributed by atoms with E-state index in [0.717, 1.165) is 25.5 Å². The SMILES string of the molecule is CC(C)Cn1cnnc1[C@@H]1CCCN1Cc1ccccc1N(C)C. The zero-order chi connectivity index (χ0) is 17.1. The van der Waals surface area contributed by atoms with Gasteiger partial charge in [-0.2, -0.15) is 0 Å². The fourth-order valence-corrected chi connectivity index (χ4v) is 3.66. The normalized spacial score (nSPS) is 18.5. The fourth-order valence-electron chi connectivity index (χ4n) is 3.66. The molecule has 1 fully saturated rings. The number of benzene rings is 1. The lowest BCUT2D eigenvalue weighted by molar-refractivity contribution is 0.233. The summed E-state index contributed by atoms with van der Waals surface area (Å²) in [6.07, 6.45) is 4.28. The molecular weight excluding hydrogens is 298 g/mol. The molecule has 0 unspecified atom stereocenters. The van der Waals surface area contributed by atoms with Gasteiger partial charge >= 0.3 is 0 Å². The Labute approximate surface area is 145 Å². The third-order valence-corrected chi connectivity index (χ3v) is 4.72. The Morgan fingerprint density at radius 2 is 2.04 bits per heavy atom. The Morgan fingerprint density at radius 1 is 1.25 bits per heavy atom. The second-order valence-corrected chi connectivity index (χ2v) is 7.39. The third-order valence-electron chi connectivity index (χ3n) is 4.72. The van der Waals surface area contributed by atoms with E-state index in [4.69, 9.17) is 0 Å². The summed E-state index contributed by atoms with van der Waals surface area (Å²) in [5.74, 6) is 1.73. The van der Waals surface area contributed by atoms with Gasteiger partial charge < -0.3 is 9.47 Å². The van der Waals surface area contributed by atoms with Crippen molar-refractivity contribution >= 4 is 5.69 Å². The van der Waals surface area contributed by atoms with Crippen molar-refractivity contribution in [3.8, 4) is 0 Å². The molecule has 0 aliphatic carbocycles. The Bertz CT molecular complexity index is 661. The van der Waals surface area contributed by atoms with Crippen LogP contribution < -0.4 is 4.90 Å². The molecule has 1 aromatic carbocycles. The van der Waals surface area contributed by atoms with Crippen LogP contribution in [0.4, 0.5) is 5.69 Å². The van der Waals surface area contributed by atoms with Crippen molar-refractivity contribution in [2.24, 2.45) is 5.92 Å². The van der Waals surface area contributed by atoms with E-state index in [9.17, 15) is 0 Å². The largest absolute Gasteiger partial charge is 0.377 e. The summed E-state index contributed by atoms with van der Waals surface area (Å²) >= 11 is 0. The van der Waals surface area contributed by atoms with Crippen LogP contribution in [0.25, 0.3) is 0 Å². The van der Waals surface area contributed by atoms with E-state index in [1.54, 1.807) is 0 Å². The minimum absolute atomic E-state index is 0.376. The number of nitrogens with zero attached hydrogens (tertiary/aromatic N) is 5. The van der Waals surface area contributed by atoms with E-state index in [0.29, 0.717) is 12.0 Å². The molecule has 1 aromatic heterocycles.